The molecule has 2 N–H and O–H groups in total. The fourth-order valence-corrected chi connectivity index (χ4v) is 5.16. The Hall–Kier alpha value is -3.59. The summed E-state index contributed by atoms with van der Waals surface area (Å²) in [4.78, 5) is 45.6. The Morgan fingerprint density at radius 1 is 1.15 bits per heavy atom. The van der Waals surface area contributed by atoms with Crippen molar-refractivity contribution in [2.75, 3.05) is 13.1 Å². The van der Waals surface area contributed by atoms with Crippen LogP contribution in [-0.2, 0) is 9.53 Å². The summed E-state index contributed by atoms with van der Waals surface area (Å²) in [6.45, 7) is 9.84. The van der Waals surface area contributed by atoms with E-state index in [4.69, 9.17) is 16.3 Å². The van der Waals surface area contributed by atoms with Gasteiger partial charge in [0.25, 0.3) is 5.91 Å². The molecule has 0 spiro atoms. The van der Waals surface area contributed by atoms with Gasteiger partial charge in [0, 0.05) is 30.2 Å². The molecular weight excluding hydrogens is 518 g/mol. The minimum atomic E-state index is -0.813. The molecule has 0 saturated carbocycles. The molecule has 3 amide bonds. The van der Waals surface area contributed by atoms with Gasteiger partial charge in [-0.3, -0.25) is 9.59 Å². The van der Waals surface area contributed by atoms with Crippen molar-refractivity contribution in [2.24, 2.45) is 5.92 Å². The third-order valence-corrected chi connectivity index (χ3v) is 7.04. The molecule has 1 aromatic carbocycles. The van der Waals surface area contributed by atoms with E-state index in [9.17, 15) is 14.4 Å². The van der Waals surface area contributed by atoms with E-state index in [1.54, 1.807) is 48.7 Å². The smallest absolute Gasteiger partial charge is 0.408 e. The quantitative estimate of drug-likeness (QED) is 0.462. The number of benzene rings is 1. The monoisotopic (exact) mass is 553 g/mol. The zero-order chi connectivity index (χ0) is 28.3. The Balaban J connectivity index is 1.58. The van der Waals surface area contributed by atoms with Crippen LogP contribution in [0.5, 0.6) is 0 Å². The highest BCUT2D eigenvalue weighted by atomic mass is 35.5. The number of nitrogens with zero attached hydrogens (tertiary/aromatic N) is 3. The van der Waals surface area contributed by atoms with Crippen LogP contribution in [0, 0.1) is 5.92 Å². The van der Waals surface area contributed by atoms with E-state index in [2.05, 4.69) is 15.6 Å². The number of hydrogen-bond donors (Lipinski definition) is 2. The van der Waals surface area contributed by atoms with Crippen molar-refractivity contribution in [3.05, 3.63) is 71.3 Å². The first-order valence-electron chi connectivity index (χ1n) is 13.2. The number of halogens is 1. The predicted octanol–water partition coefficient (Wildman–Crippen LogP) is 4.65. The number of amides is 3. The molecule has 0 radical (unpaired) electrons. The van der Waals surface area contributed by atoms with Crippen LogP contribution in [0.4, 0.5) is 4.79 Å². The Kier molecular flexibility index (Phi) is 8.49. The summed E-state index contributed by atoms with van der Waals surface area (Å²) in [5.41, 5.74) is 1.57. The van der Waals surface area contributed by atoms with Gasteiger partial charge in [0.15, 0.2) is 0 Å². The molecule has 39 heavy (non-hydrogen) atoms. The first-order valence-corrected chi connectivity index (χ1v) is 13.6. The minimum Gasteiger partial charge on any atom is -0.444 e. The van der Waals surface area contributed by atoms with Gasteiger partial charge in [0.05, 0.1) is 29.6 Å². The van der Waals surface area contributed by atoms with E-state index in [1.807, 2.05) is 50.4 Å². The maximum absolute atomic E-state index is 13.6. The number of imidazole rings is 1. The SMILES string of the molecule is CC(C)[C@@H](NC(=O)OC(C)(C)C)C(=O)N[C@@H]1CN(C(=O)c2cccn3cncc23)CC[C@H]1c1cccc(Cl)c1. The van der Waals surface area contributed by atoms with Gasteiger partial charge >= 0.3 is 6.09 Å². The molecule has 4 rings (SSSR count). The van der Waals surface area contributed by atoms with Gasteiger partial charge < -0.3 is 24.7 Å². The second-order valence-electron chi connectivity index (χ2n) is 11.3. The Morgan fingerprint density at radius 3 is 2.62 bits per heavy atom. The number of carbonyl (C=O) groups excluding carboxylic acids is 3. The van der Waals surface area contributed by atoms with Gasteiger partial charge in [0.1, 0.15) is 11.6 Å². The molecule has 1 fully saturated rings. The van der Waals surface area contributed by atoms with Crippen molar-refractivity contribution in [2.45, 2.75) is 64.6 Å². The third-order valence-electron chi connectivity index (χ3n) is 6.81. The highest BCUT2D eigenvalue weighted by Crippen LogP contribution is 2.31. The highest BCUT2D eigenvalue weighted by Gasteiger charge is 2.36. The molecule has 1 aliphatic rings. The lowest BCUT2D eigenvalue weighted by atomic mass is 9.84. The predicted molar refractivity (Wildman–Crippen MR) is 150 cm³/mol. The number of fused-ring (bicyclic) bond motifs is 1. The lowest BCUT2D eigenvalue weighted by molar-refractivity contribution is -0.125. The normalized spacial score (nSPS) is 18.6. The first kappa shape index (κ1) is 28.4. The van der Waals surface area contributed by atoms with Crippen molar-refractivity contribution in [3.8, 4) is 0 Å². The molecule has 0 bridgehead atoms. The second kappa shape index (κ2) is 11.7. The summed E-state index contributed by atoms with van der Waals surface area (Å²) in [5.74, 6) is -0.725. The number of nitrogens with one attached hydrogen (secondary N) is 2. The van der Waals surface area contributed by atoms with Gasteiger partial charge in [0.2, 0.25) is 5.91 Å². The van der Waals surface area contributed by atoms with Crippen molar-refractivity contribution in [1.82, 2.24) is 24.9 Å². The summed E-state index contributed by atoms with van der Waals surface area (Å²) < 4.78 is 7.19. The first-order chi connectivity index (χ1) is 18.4. The minimum absolute atomic E-state index is 0.0724. The molecule has 208 valence electrons. The fraction of sp³-hybridized carbons (Fsp3) is 0.448. The van der Waals surface area contributed by atoms with Gasteiger partial charge in [-0.2, -0.15) is 0 Å². The largest absolute Gasteiger partial charge is 0.444 e. The van der Waals surface area contributed by atoms with Crippen LogP contribution in [0.15, 0.2) is 55.1 Å². The maximum atomic E-state index is 13.6. The van der Waals surface area contributed by atoms with Crippen LogP contribution in [-0.4, -0.2) is 63.0 Å². The Morgan fingerprint density at radius 2 is 1.92 bits per heavy atom. The zero-order valence-corrected chi connectivity index (χ0v) is 23.7. The third kappa shape index (κ3) is 6.89. The number of ether oxygens (including phenoxy) is 1. The summed E-state index contributed by atoms with van der Waals surface area (Å²) >= 11 is 6.30. The van der Waals surface area contributed by atoms with Crippen LogP contribution < -0.4 is 10.6 Å². The maximum Gasteiger partial charge on any atom is 0.408 e. The number of piperidine rings is 1. The fourth-order valence-electron chi connectivity index (χ4n) is 4.96. The average molecular weight is 554 g/mol. The summed E-state index contributed by atoms with van der Waals surface area (Å²) in [5, 5.41) is 6.47. The van der Waals surface area contributed by atoms with Gasteiger partial charge in [-0.05, 0) is 62.9 Å². The Labute approximate surface area is 233 Å². The van der Waals surface area contributed by atoms with E-state index in [1.165, 1.54) is 0 Å². The van der Waals surface area contributed by atoms with Gasteiger partial charge in [-0.1, -0.05) is 37.6 Å². The van der Waals surface area contributed by atoms with E-state index in [0.29, 0.717) is 30.1 Å². The van der Waals surface area contributed by atoms with Crippen molar-refractivity contribution in [3.63, 3.8) is 0 Å². The number of aromatic nitrogens is 2. The average Bonchev–Trinajstić information content (AvgIpc) is 3.35. The van der Waals surface area contributed by atoms with Gasteiger partial charge in [-0.15, -0.1) is 0 Å². The van der Waals surface area contributed by atoms with Crippen LogP contribution in [0.1, 0.15) is 62.9 Å². The molecule has 3 atom stereocenters. The van der Waals surface area contributed by atoms with Crippen LogP contribution in [0.3, 0.4) is 0 Å². The molecular formula is C29H36ClN5O4. The zero-order valence-electron chi connectivity index (χ0n) is 23.0. The standard InChI is InChI=1S/C29H36ClN5O4/c1-18(2)25(33-28(38)39-29(3,4)5)26(36)32-23-16-34(13-11-21(23)19-8-6-9-20(30)14-19)27(37)22-10-7-12-35-17-31-15-24(22)35/h6-10,12,14-15,17-18,21,23,25H,11,13,16H2,1-5H3,(H,32,36)(H,33,38)/t21-,23+,25+/m0/s1. The van der Waals surface area contributed by atoms with Crippen LogP contribution in [0.25, 0.3) is 5.52 Å². The topological polar surface area (TPSA) is 105 Å². The van der Waals surface area contributed by atoms with Gasteiger partial charge in [-0.25, -0.2) is 9.78 Å². The molecule has 2 aromatic heterocycles. The second-order valence-corrected chi connectivity index (χ2v) is 11.7. The molecule has 0 unspecified atom stereocenters. The number of likely N-dealkylation sites (tertiary alicyclic amines) is 1. The molecule has 3 heterocycles. The number of rotatable bonds is 6. The number of carbonyl (C=O) groups is 3. The molecule has 10 heteroatoms. The van der Waals surface area contributed by atoms with E-state index >= 15 is 0 Å². The number of alkyl carbamates (subject to hydrolysis) is 1. The van der Waals surface area contributed by atoms with Crippen molar-refractivity contribution < 1.29 is 19.1 Å². The number of hydrogen-bond acceptors (Lipinski definition) is 5. The summed E-state index contributed by atoms with van der Waals surface area (Å²) in [6.07, 6.45) is 5.14. The highest BCUT2D eigenvalue weighted by molar-refractivity contribution is 6.30. The molecule has 0 aliphatic carbocycles. The van der Waals surface area contributed by atoms with Crippen LogP contribution in [0.2, 0.25) is 5.02 Å². The molecule has 1 saturated heterocycles. The lowest BCUT2D eigenvalue weighted by Crippen LogP contribution is -2.58. The molecule has 1 aliphatic heterocycles. The van der Waals surface area contributed by atoms with E-state index < -0.39 is 23.8 Å². The number of pyridine rings is 1. The van der Waals surface area contributed by atoms with Crippen molar-refractivity contribution in [1.29, 1.82) is 0 Å². The Bertz CT molecular complexity index is 1350. The lowest BCUT2D eigenvalue weighted by Gasteiger charge is -2.40. The summed E-state index contributed by atoms with van der Waals surface area (Å²) in [7, 11) is 0. The van der Waals surface area contributed by atoms with Crippen LogP contribution >= 0.6 is 11.6 Å². The molecule has 3 aromatic rings. The van der Waals surface area contributed by atoms with Crippen molar-refractivity contribution >= 4 is 35.0 Å². The van der Waals surface area contributed by atoms with E-state index in [-0.39, 0.29) is 23.7 Å². The van der Waals surface area contributed by atoms with E-state index in [0.717, 1.165) is 11.1 Å². The molecule has 9 nitrogen and oxygen atoms in total. The summed E-state index contributed by atoms with van der Waals surface area (Å²) in [6, 6.07) is 9.96.